The number of benzene rings is 1. The zero-order valence-corrected chi connectivity index (χ0v) is 12.8. The molecule has 0 aromatic heterocycles. The predicted molar refractivity (Wildman–Crippen MR) is 84.3 cm³/mol. The van der Waals surface area contributed by atoms with Crippen LogP contribution in [0.25, 0.3) is 0 Å². The van der Waals surface area contributed by atoms with E-state index >= 15 is 0 Å². The molecule has 2 heterocycles. The van der Waals surface area contributed by atoms with E-state index in [2.05, 4.69) is 16.2 Å². The summed E-state index contributed by atoms with van der Waals surface area (Å²) in [6, 6.07) is 7.19. The van der Waals surface area contributed by atoms with Gasteiger partial charge in [-0.2, -0.15) is 0 Å². The largest absolute Gasteiger partial charge is 0.339 e. The lowest BCUT2D eigenvalue weighted by molar-refractivity contribution is -0.117. The molecule has 118 valence electrons. The van der Waals surface area contributed by atoms with Crippen molar-refractivity contribution >= 4 is 17.5 Å². The Morgan fingerprint density at radius 2 is 1.82 bits per heavy atom. The number of hydrazine groups is 1. The summed E-state index contributed by atoms with van der Waals surface area (Å²) in [4.78, 5) is 26.2. The van der Waals surface area contributed by atoms with Gasteiger partial charge in [-0.1, -0.05) is 0 Å². The molecule has 2 saturated heterocycles. The predicted octanol–water partition coefficient (Wildman–Crippen LogP) is 1.12. The van der Waals surface area contributed by atoms with Crippen molar-refractivity contribution in [1.29, 1.82) is 0 Å². The number of anilines is 1. The summed E-state index contributed by atoms with van der Waals surface area (Å²) < 4.78 is 0. The first-order valence-corrected chi connectivity index (χ1v) is 7.85. The number of carbonyl (C=O) groups excluding carboxylic acids is 2. The molecule has 1 aromatic carbocycles. The van der Waals surface area contributed by atoms with Gasteiger partial charge in [-0.15, -0.1) is 0 Å². The standard InChI is InChI=1S/C16H22N4O2/c1-11-10-14(19-18-11)15(21)17-13-6-4-12(5-7-13)16(22)20-8-2-3-9-20/h4-7,11,14,18-19H,2-3,8-10H2,1H3,(H,17,21). The average Bonchev–Trinajstić information content (AvgIpc) is 3.18. The maximum absolute atomic E-state index is 12.2. The summed E-state index contributed by atoms with van der Waals surface area (Å²) in [5.74, 6) is 0.0151. The number of amides is 2. The van der Waals surface area contributed by atoms with Gasteiger partial charge in [0.2, 0.25) is 5.91 Å². The molecule has 3 N–H and O–H groups in total. The van der Waals surface area contributed by atoms with Gasteiger partial charge >= 0.3 is 0 Å². The summed E-state index contributed by atoms with van der Waals surface area (Å²) in [5, 5.41) is 2.87. The second-order valence-corrected chi connectivity index (χ2v) is 6.04. The van der Waals surface area contributed by atoms with Crippen LogP contribution in [0.1, 0.15) is 36.5 Å². The van der Waals surface area contributed by atoms with Crippen LogP contribution in [0.4, 0.5) is 5.69 Å². The molecule has 0 aliphatic carbocycles. The van der Waals surface area contributed by atoms with E-state index in [4.69, 9.17) is 0 Å². The molecule has 2 unspecified atom stereocenters. The third-order valence-electron chi connectivity index (χ3n) is 4.20. The molecule has 0 bridgehead atoms. The highest BCUT2D eigenvalue weighted by Crippen LogP contribution is 2.16. The number of carbonyl (C=O) groups is 2. The van der Waals surface area contributed by atoms with E-state index in [0.717, 1.165) is 32.4 Å². The summed E-state index contributed by atoms with van der Waals surface area (Å²) in [7, 11) is 0. The van der Waals surface area contributed by atoms with Crippen molar-refractivity contribution in [2.24, 2.45) is 0 Å². The Hall–Kier alpha value is -1.92. The first-order chi connectivity index (χ1) is 10.6. The van der Waals surface area contributed by atoms with Crippen molar-refractivity contribution in [1.82, 2.24) is 15.8 Å². The summed E-state index contributed by atoms with van der Waals surface area (Å²) >= 11 is 0. The molecule has 22 heavy (non-hydrogen) atoms. The van der Waals surface area contributed by atoms with Crippen LogP contribution in [-0.2, 0) is 4.79 Å². The van der Waals surface area contributed by atoms with Gasteiger partial charge in [0.1, 0.15) is 6.04 Å². The van der Waals surface area contributed by atoms with Crippen LogP contribution in [0.15, 0.2) is 24.3 Å². The fourth-order valence-corrected chi connectivity index (χ4v) is 2.92. The van der Waals surface area contributed by atoms with Gasteiger partial charge in [-0.3, -0.25) is 15.0 Å². The Bertz CT molecular complexity index is 552. The van der Waals surface area contributed by atoms with Gasteiger partial charge < -0.3 is 10.2 Å². The number of nitrogens with one attached hydrogen (secondary N) is 3. The highest BCUT2D eigenvalue weighted by Gasteiger charge is 2.26. The molecule has 2 aliphatic rings. The van der Waals surface area contributed by atoms with Crippen LogP contribution in [-0.4, -0.2) is 41.9 Å². The van der Waals surface area contributed by atoms with E-state index in [1.54, 1.807) is 24.3 Å². The lowest BCUT2D eigenvalue weighted by Gasteiger charge is -2.15. The minimum atomic E-state index is -0.221. The van der Waals surface area contributed by atoms with Gasteiger partial charge in [0.15, 0.2) is 0 Å². The molecule has 6 heteroatoms. The van der Waals surface area contributed by atoms with E-state index in [-0.39, 0.29) is 23.9 Å². The molecular weight excluding hydrogens is 280 g/mol. The van der Waals surface area contributed by atoms with Crippen LogP contribution in [0.2, 0.25) is 0 Å². The maximum atomic E-state index is 12.2. The van der Waals surface area contributed by atoms with Crippen LogP contribution < -0.4 is 16.2 Å². The Labute approximate surface area is 130 Å². The average molecular weight is 302 g/mol. The van der Waals surface area contributed by atoms with Gasteiger partial charge in [0.25, 0.3) is 5.91 Å². The molecule has 6 nitrogen and oxygen atoms in total. The third kappa shape index (κ3) is 3.28. The van der Waals surface area contributed by atoms with Gasteiger partial charge in [-0.25, -0.2) is 5.43 Å². The van der Waals surface area contributed by atoms with Crippen LogP contribution in [0.5, 0.6) is 0 Å². The first-order valence-electron chi connectivity index (χ1n) is 7.85. The lowest BCUT2D eigenvalue weighted by atomic mass is 10.1. The summed E-state index contributed by atoms with van der Waals surface area (Å²) in [6.45, 7) is 3.71. The third-order valence-corrected chi connectivity index (χ3v) is 4.20. The molecule has 2 aliphatic heterocycles. The minimum Gasteiger partial charge on any atom is -0.339 e. The second kappa shape index (κ2) is 6.46. The SMILES string of the molecule is CC1CC(C(=O)Nc2ccc(C(=O)N3CCCC3)cc2)NN1. The number of rotatable bonds is 3. The second-order valence-electron chi connectivity index (χ2n) is 6.04. The zero-order chi connectivity index (χ0) is 15.5. The molecule has 3 rings (SSSR count). The minimum absolute atomic E-state index is 0.0598. The number of likely N-dealkylation sites (tertiary alicyclic amines) is 1. The molecule has 2 amide bonds. The Morgan fingerprint density at radius 1 is 1.14 bits per heavy atom. The number of hydrogen-bond acceptors (Lipinski definition) is 4. The molecule has 0 radical (unpaired) electrons. The Balaban J connectivity index is 1.59. The van der Waals surface area contributed by atoms with E-state index < -0.39 is 0 Å². The fraction of sp³-hybridized carbons (Fsp3) is 0.500. The van der Waals surface area contributed by atoms with Crippen molar-refractivity contribution in [2.75, 3.05) is 18.4 Å². The molecule has 2 atom stereocenters. The Morgan fingerprint density at radius 3 is 2.41 bits per heavy atom. The topological polar surface area (TPSA) is 73.5 Å². The molecule has 0 saturated carbocycles. The quantitative estimate of drug-likeness (QED) is 0.782. The fourth-order valence-electron chi connectivity index (χ4n) is 2.92. The van der Waals surface area contributed by atoms with E-state index in [0.29, 0.717) is 11.3 Å². The molecule has 2 fully saturated rings. The van der Waals surface area contributed by atoms with E-state index in [9.17, 15) is 9.59 Å². The monoisotopic (exact) mass is 302 g/mol. The van der Waals surface area contributed by atoms with Crippen LogP contribution in [0.3, 0.4) is 0 Å². The van der Waals surface area contributed by atoms with Gasteiger partial charge in [0.05, 0.1) is 0 Å². The highest BCUT2D eigenvalue weighted by molar-refractivity contribution is 5.97. The van der Waals surface area contributed by atoms with Crippen LogP contribution >= 0.6 is 0 Å². The van der Waals surface area contributed by atoms with Gasteiger partial charge in [0, 0.05) is 30.4 Å². The zero-order valence-electron chi connectivity index (χ0n) is 12.8. The Kier molecular flexibility index (Phi) is 4.40. The first kappa shape index (κ1) is 15.0. The van der Waals surface area contributed by atoms with Crippen molar-refractivity contribution in [3.63, 3.8) is 0 Å². The van der Waals surface area contributed by atoms with E-state index in [1.165, 1.54) is 0 Å². The number of hydrogen-bond donors (Lipinski definition) is 3. The van der Waals surface area contributed by atoms with E-state index in [1.807, 2.05) is 11.8 Å². The normalized spacial score (nSPS) is 24.5. The molecular formula is C16H22N4O2. The van der Waals surface area contributed by atoms with Crippen molar-refractivity contribution < 1.29 is 9.59 Å². The highest BCUT2D eigenvalue weighted by atomic mass is 16.2. The number of nitrogens with zero attached hydrogens (tertiary/aromatic N) is 1. The van der Waals surface area contributed by atoms with Gasteiger partial charge in [-0.05, 0) is 50.5 Å². The smallest absolute Gasteiger partial charge is 0.253 e. The maximum Gasteiger partial charge on any atom is 0.253 e. The molecule has 1 aromatic rings. The summed E-state index contributed by atoms with van der Waals surface area (Å²) in [6.07, 6.45) is 2.93. The van der Waals surface area contributed by atoms with Crippen molar-refractivity contribution in [3.8, 4) is 0 Å². The molecule has 0 spiro atoms. The lowest BCUT2D eigenvalue weighted by Crippen LogP contribution is -2.39. The van der Waals surface area contributed by atoms with Crippen LogP contribution in [0, 0.1) is 0 Å². The van der Waals surface area contributed by atoms with Crippen molar-refractivity contribution in [2.45, 2.75) is 38.3 Å². The van der Waals surface area contributed by atoms with Crippen molar-refractivity contribution in [3.05, 3.63) is 29.8 Å². The summed E-state index contributed by atoms with van der Waals surface area (Å²) in [5.41, 5.74) is 7.39.